The minimum Gasteiger partial charge on any atom is -0.423 e. The Morgan fingerprint density at radius 1 is 1.16 bits per heavy atom. The summed E-state index contributed by atoms with van der Waals surface area (Å²) in [5.41, 5.74) is 0.617. The molecule has 2 aromatic rings. The van der Waals surface area contributed by atoms with Crippen molar-refractivity contribution in [3.8, 4) is 5.75 Å². The Kier molecular flexibility index (Phi) is 7.38. The number of piperazine rings is 1. The Morgan fingerprint density at radius 3 is 2.58 bits per heavy atom. The molecule has 0 spiro atoms. The van der Waals surface area contributed by atoms with Gasteiger partial charge in [-0.2, -0.15) is 0 Å². The van der Waals surface area contributed by atoms with Crippen LogP contribution in [0.2, 0.25) is 5.02 Å². The molecule has 2 aromatic carbocycles. The topological polar surface area (TPSA) is 93.0 Å². The second kappa shape index (κ2) is 10.2. The van der Waals surface area contributed by atoms with E-state index in [1.165, 1.54) is 36.4 Å². The number of carbonyl (C=O) groups is 2. The van der Waals surface area contributed by atoms with Crippen molar-refractivity contribution in [2.75, 3.05) is 32.7 Å². The maximum Gasteiger partial charge on any atom is 0.336 e. The lowest BCUT2D eigenvalue weighted by Gasteiger charge is -2.34. The molecular weight excluding hydrogens is 422 g/mol. The van der Waals surface area contributed by atoms with Crippen LogP contribution in [0, 0.1) is 10.1 Å². The van der Waals surface area contributed by atoms with Crippen LogP contribution in [0.4, 0.5) is 5.69 Å². The summed E-state index contributed by atoms with van der Waals surface area (Å²) in [5.74, 6) is -0.844. The number of hydrogen-bond donors (Lipinski definition) is 0. The average Bonchev–Trinajstić information content (AvgIpc) is 2.78. The quantitative estimate of drug-likeness (QED) is 0.222. The molecule has 0 atom stereocenters. The largest absolute Gasteiger partial charge is 0.423 e. The van der Waals surface area contributed by atoms with Crippen molar-refractivity contribution in [2.24, 2.45) is 0 Å². The Morgan fingerprint density at radius 2 is 1.90 bits per heavy atom. The van der Waals surface area contributed by atoms with Gasteiger partial charge in [0, 0.05) is 49.4 Å². The van der Waals surface area contributed by atoms with E-state index < -0.39 is 10.9 Å². The number of halogens is 1. The zero-order valence-corrected chi connectivity index (χ0v) is 17.7. The van der Waals surface area contributed by atoms with Gasteiger partial charge in [0.2, 0.25) is 0 Å². The number of nitro groups is 1. The fraction of sp³-hybridized carbons (Fsp3) is 0.273. The maximum absolute atomic E-state index is 13.0. The molecule has 8 nitrogen and oxygen atoms in total. The van der Waals surface area contributed by atoms with Crippen LogP contribution in [0.15, 0.2) is 48.5 Å². The Balaban J connectivity index is 1.73. The number of likely N-dealkylation sites (N-methyl/N-ethyl adjacent to an activating group) is 1. The Labute approximate surface area is 184 Å². The molecule has 1 saturated heterocycles. The molecule has 1 aliphatic heterocycles. The van der Waals surface area contributed by atoms with Gasteiger partial charge in [-0.05, 0) is 36.4 Å². The lowest BCUT2D eigenvalue weighted by atomic mass is 10.1. The number of carbonyl (C=O) groups excluding carboxylic acids is 2. The van der Waals surface area contributed by atoms with Gasteiger partial charge in [-0.3, -0.25) is 14.9 Å². The smallest absolute Gasteiger partial charge is 0.336 e. The summed E-state index contributed by atoms with van der Waals surface area (Å²) in [7, 11) is 0. The summed E-state index contributed by atoms with van der Waals surface area (Å²) in [6.45, 7) is 5.73. The van der Waals surface area contributed by atoms with Gasteiger partial charge >= 0.3 is 5.97 Å². The molecule has 162 valence electrons. The highest BCUT2D eigenvalue weighted by Gasteiger charge is 2.24. The molecule has 1 heterocycles. The number of esters is 1. The summed E-state index contributed by atoms with van der Waals surface area (Å²) in [5, 5.41) is 11.2. The fourth-order valence-corrected chi connectivity index (χ4v) is 3.42. The van der Waals surface area contributed by atoms with Crippen LogP contribution in [0.1, 0.15) is 22.8 Å². The lowest BCUT2D eigenvalue weighted by molar-refractivity contribution is -0.384. The van der Waals surface area contributed by atoms with Gasteiger partial charge in [-0.25, -0.2) is 4.79 Å². The number of hydrogen-bond acceptors (Lipinski definition) is 6. The molecule has 0 aromatic heterocycles. The van der Waals surface area contributed by atoms with Gasteiger partial charge in [-0.15, -0.1) is 0 Å². The van der Waals surface area contributed by atoms with Gasteiger partial charge < -0.3 is 14.5 Å². The molecule has 0 aliphatic carbocycles. The number of nitrogens with zero attached hydrogens (tertiary/aromatic N) is 3. The van der Waals surface area contributed by atoms with E-state index in [0.29, 0.717) is 23.7 Å². The highest BCUT2D eigenvalue weighted by molar-refractivity contribution is 6.31. The van der Waals surface area contributed by atoms with Crippen molar-refractivity contribution in [1.29, 1.82) is 0 Å². The van der Waals surface area contributed by atoms with Gasteiger partial charge in [-0.1, -0.05) is 30.7 Å². The van der Waals surface area contributed by atoms with Gasteiger partial charge in [0.05, 0.1) is 10.5 Å². The van der Waals surface area contributed by atoms with Crippen molar-refractivity contribution in [3.05, 3.63) is 74.8 Å². The third kappa shape index (κ3) is 5.90. The van der Waals surface area contributed by atoms with Crippen LogP contribution in [-0.2, 0) is 4.79 Å². The van der Waals surface area contributed by atoms with Crippen LogP contribution in [0.5, 0.6) is 5.75 Å². The van der Waals surface area contributed by atoms with E-state index in [2.05, 4.69) is 11.8 Å². The standard InChI is InChI=1S/C22H22ClN3O5/c1-2-24-10-12-25(13-11-24)22(28)19-15-17(23)7-8-20(19)31-21(27)9-6-16-4-3-5-18(14-16)26(29)30/h3-9,14-15H,2,10-13H2,1H3/b9-6+. The molecule has 31 heavy (non-hydrogen) atoms. The van der Waals surface area contributed by atoms with E-state index in [1.807, 2.05) is 0 Å². The number of ether oxygens (including phenoxy) is 1. The molecule has 1 amide bonds. The summed E-state index contributed by atoms with van der Waals surface area (Å²) in [6, 6.07) is 10.4. The summed E-state index contributed by atoms with van der Waals surface area (Å²) in [6.07, 6.45) is 2.57. The first-order chi connectivity index (χ1) is 14.9. The second-order valence-electron chi connectivity index (χ2n) is 6.97. The molecule has 1 fully saturated rings. The predicted octanol–water partition coefficient (Wildman–Crippen LogP) is 3.64. The van der Waals surface area contributed by atoms with E-state index in [0.717, 1.165) is 25.7 Å². The summed E-state index contributed by atoms with van der Waals surface area (Å²) < 4.78 is 5.38. The van der Waals surface area contributed by atoms with Gasteiger partial charge in [0.1, 0.15) is 5.75 Å². The van der Waals surface area contributed by atoms with E-state index in [9.17, 15) is 19.7 Å². The zero-order chi connectivity index (χ0) is 22.4. The first-order valence-electron chi connectivity index (χ1n) is 9.83. The highest BCUT2D eigenvalue weighted by Crippen LogP contribution is 2.25. The number of amides is 1. The molecular formula is C22H22ClN3O5. The highest BCUT2D eigenvalue weighted by atomic mass is 35.5. The number of non-ortho nitro benzene ring substituents is 1. The van der Waals surface area contributed by atoms with E-state index in [1.54, 1.807) is 17.0 Å². The molecule has 0 bridgehead atoms. The van der Waals surface area contributed by atoms with Crippen molar-refractivity contribution < 1.29 is 19.2 Å². The Bertz CT molecular complexity index is 1020. The van der Waals surface area contributed by atoms with Crippen molar-refractivity contribution in [2.45, 2.75) is 6.92 Å². The first kappa shape index (κ1) is 22.5. The molecule has 0 saturated carbocycles. The lowest BCUT2D eigenvalue weighted by Crippen LogP contribution is -2.48. The molecule has 3 rings (SSSR count). The third-order valence-electron chi connectivity index (χ3n) is 4.98. The number of nitro benzene ring substituents is 1. The second-order valence-corrected chi connectivity index (χ2v) is 7.41. The van der Waals surface area contributed by atoms with Crippen molar-refractivity contribution in [3.63, 3.8) is 0 Å². The minimum atomic E-state index is -0.710. The molecule has 1 aliphatic rings. The Hall–Kier alpha value is -3.23. The van der Waals surface area contributed by atoms with Crippen LogP contribution >= 0.6 is 11.6 Å². The van der Waals surface area contributed by atoms with Gasteiger partial charge in [0.25, 0.3) is 11.6 Å². The van der Waals surface area contributed by atoms with E-state index >= 15 is 0 Å². The van der Waals surface area contributed by atoms with Crippen LogP contribution in [-0.4, -0.2) is 59.3 Å². The number of rotatable bonds is 6. The summed E-state index contributed by atoms with van der Waals surface area (Å²) >= 11 is 6.08. The SMILES string of the molecule is CCN1CCN(C(=O)c2cc(Cl)ccc2OC(=O)/C=C/c2cccc([N+](=O)[O-])c2)CC1. The monoisotopic (exact) mass is 443 g/mol. The predicted molar refractivity (Wildman–Crippen MR) is 117 cm³/mol. The first-order valence-corrected chi connectivity index (χ1v) is 10.2. The average molecular weight is 444 g/mol. The normalized spacial score (nSPS) is 14.6. The third-order valence-corrected chi connectivity index (χ3v) is 5.22. The van der Waals surface area contributed by atoms with Gasteiger partial charge in [0.15, 0.2) is 0 Å². The summed E-state index contributed by atoms with van der Waals surface area (Å²) in [4.78, 5) is 39.6. The maximum atomic E-state index is 13.0. The van der Waals surface area contributed by atoms with E-state index in [4.69, 9.17) is 16.3 Å². The van der Waals surface area contributed by atoms with Crippen LogP contribution < -0.4 is 4.74 Å². The van der Waals surface area contributed by atoms with Crippen molar-refractivity contribution >= 4 is 35.2 Å². The van der Waals surface area contributed by atoms with Crippen LogP contribution in [0.3, 0.4) is 0 Å². The van der Waals surface area contributed by atoms with Crippen LogP contribution in [0.25, 0.3) is 6.08 Å². The minimum absolute atomic E-state index is 0.0794. The number of benzene rings is 2. The van der Waals surface area contributed by atoms with Crippen molar-refractivity contribution in [1.82, 2.24) is 9.80 Å². The molecule has 0 unspecified atom stereocenters. The zero-order valence-electron chi connectivity index (χ0n) is 17.0. The molecule has 9 heteroatoms. The molecule has 0 N–H and O–H groups in total. The fourth-order valence-electron chi connectivity index (χ4n) is 3.24. The van der Waals surface area contributed by atoms with E-state index in [-0.39, 0.29) is 22.9 Å². The molecule has 0 radical (unpaired) electrons.